The number of likely N-dealkylation sites (tertiary alicyclic amines) is 1. The van der Waals surface area contributed by atoms with Crippen LogP contribution in [-0.2, 0) is 25.3 Å². The number of ether oxygens (including phenoxy) is 1. The number of piperidine rings is 1. The number of likely N-dealkylation sites (N-methyl/N-ethyl adjacent to an activating group) is 1. The molecule has 6 heteroatoms. The topological polar surface area (TPSA) is 70.8 Å². The Balaban J connectivity index is 0.000000777. The van der Waals surface area contributed by atoms with Crippen molar-refractivity contribution in [3.8, 4) is 11.5 Å². The lowest BCUT2D eigenvalue weighted by molar-refractivity contribution is -0.168. The van der Waals surface area contributed by atoms with Crippen LogP contribution in [0.2, 0.25) is 0 Å². The predicted octanol–water partition coefficient (Wildman–Crippen LogP) is 2.07. The quantitative estimate of drug-likeness (QED) is 0.744. The third-order valence-electron chi connectivity index (χ3n) is 7.25. The van der Waals surface area contributed by atoms with Gasteiger partial charge in [0.2, 0.25) is 0 Å². The fraction of sp³-hybridized carbons (Fsp3) is 0.571. The molecular formula is C21H27N3O3. The van der Waals surface area contributed by atoms with Crippen molar-refractivity contribution in [2.75, 3.05) is 13.6 Å². The summed E-state index contributed by atoms with van der Waals surface area (Å²) >= 11 is 0. The molecule has 0 amide bonds. The van der Waals surface area contributed by atoms with Crippen molar-refractivity contribution < 1.29 is 14.9 Å². The molecule has 1 aromatic heterocycles. The van der Waals surface area contributed by atoms with Crippen LogP contribution in [0, 0.1) is 0 Å². The van der Waals surface area contributed by atoms with Crippen LogP contribution in [0.4, 0.5) is 0 Å². The van der Waals surface area contributed by atoms with Gasteiger partial charge in [0.1, 0.15) is 0 Å². The Morgan fingerprint density at radius 1 is 1.22 bits per heavy atom. The van der Waals surface area contributed by atoms with Gasteiger partial charge in [0.15, 0.2) is 17.6 Å². The molecule has 4 atom stereocenters. The number of phenols is 1. The number of fused-ring (bicyclic) bond motifs is 2. The van der Waals surface area contributed by atoms with E-state index in [9.17, 15) is 10.2 Å². The number of aromatic nitrogens is 2. The van der Waals surface area contributed by atoms with Gasteiger partial charge in [-0.05, 0) is 38.1 Å². The molecule has 2 aliphatic carbocycles. The first-order valence-electron chi connectivity index (χ1n) is 9.93. The van der Waals surface area contributed by atoms with Gasteiger partial charge in [-0.2, -0.15) is 5.10 Å². The SMILES string of the molecule is CC.CN1CCC23c4c5ccc(O)c4OC2c2c(cnn2C)CC3(O)C1C5. The number of phenolic OH excluding ortho intramolecular Hbond substituents is 1. The summed E-state index contributed by atoms with van der Waals surface area (Å²) in [6, 6.07) is 3.78. The third kappa shape index (κ3) is 1.72. The monoisotopic (exact) mass is 369 g/mol. The minimum Gasteiger partial charge on any atom is -0.504 e. The van der Waals surface area contributed by atoms with Crippen molar-refractivity contribution in [3.63, 3.8) is 0 Å². The average Bonchev–Trinajstić information content (AvgIpc) is 3.19. The summed E-state index contributed by atoms with van der Waals surface area (Å²) in [6.07, 6.45) is 3.74. The molecule has 1 saturated heterocycles. The number of nitrogens with zero attached hydrogens (tertiary/aromatic N) is 3. The number of aromatic hydroxyl groups is 1. The van der Waals surface area contributed by atoms with Crippen LogP contribution in [0.15, 0.2) is 18.3 Å². The van der Waals surface area contributed by atoms with Crippen molar-refractivity contribution in [1.82, 2.24) is 14.7 Å². The van der Waals surface area contributed by atoms with Gasteiger partial charge < -0.3 is 19.8 Å². The largest absolute Gasteiger partial charge is 0.504 e. The summed E-state index contributed by atoms with van der Waals surface area (Å²) in [5.74, 6) is 0.740. The molecule has 1 aromatic carbocycles. The first-order chi connectivity index (χ1) is 13.0. The zero-order valence-electron chi connectivity index (χ0n) is 16.4. The summed E-state index contributed by atoms with van der Waals surface area (Å²) in [4.78, 5) is 2.29. The van der Waals surface area contributed by atoms with Gasteiger partial charge in [-0.1, -0.05) is 19.9 Å². The number of hydrogen-bond acceptors (Lipinski definition) is 5. The Labute approximate surface area is 159 Å². The second kappa shape index (κ2) is 5.26. The second-order valence-corrected chi connectivity index (χ2v) is 8.15. The molecule has 6 rings (SSSR count). The maximum atomic E-state index is 12.1. The lowest BCUT2D eigenvalue weighted by Gasteiger charge is -2.62. The molecule has 1 fully saturated rings. The highest BCUT2D eigenvalue weighted by Gasteiger charge is 2.72. The van der Waals surface area contributed by atoms with E-state index in [1.54, 1.807) is 6.07 Å². The summed E-state index contributed by atoms with van der Waals surface area (Å²) in [7, 11) is 4.04. The van der Waals surface area contributed by atoms with Crippen LogP contribution in [0.5, 0.6) is 11.5 Å². The Morgan fingerprint density at radius 2 is 2.00 bits per heavy atom. The zero-order chi connectivity index (χ0) is 19.1. The summed E-state index contributed by atoms with van der Waals surface area (Å²) in [5.41, 5.74) is 2.91. The average molecular weight is 369 g/mol. The highest BCUT2D eigenvalue weighted by atomic mass is 16.5. The normalized spacial score (nSPS) is 34.9. The van der Waals surface area contributed by atoms with E-state index in [1.807, 2.05) is 37.8 Å². The number of benzene rings is 1. The van der Waals surface area contributed by atoms with E-state index in [1.165, 1.54) is 5.56 Å². The van der Waals surface area contributed by atoms with Crippen molar-refractivity contribution in [2.45, 2.75) is 56.3 Å². The molecule has 6 nitrogen and oxygen atoms in total. The highest BCUT2D eigenvalue weighted by Crippen LogP contribution is 2.68. The van der Waals surface area contributed by atoms with Gasteiger partial charge >= 0.3 is 0 Å². The first kappa shape index (κ1) is 17.1. The highest BCUT2D eigenvalue weighted by molar-refractivity contribution is 5.64. The molecule has 27 heavy (non-hydrogen) atoms. The molecule has 3 heterocycles. The molecule has 2 aromatic rings. The van der Waals surface area contributed by atoms with E-state index in [-0.39, 0.29) is 17.9 Å². The van der Waals surface area contributed by atoms with Crippen molar-refractivity contribution >= 4 is 0 Å². The van der Waals surface area contributed by atoms with Crippen LogP contribution in [0.25, 0.3) is 0 Å². The summed E-state index contributed by atoms with van der Waals surface area (Å²) in [6.45, 7) is 4.91. The minimum atomic E-state index is -0.910. The molecule has 2 N–H and O–H groups in total. The molecule has 144 valence electrons. The fourth-order valence-corrected chi connectivity index (χ4v) is 6.18. The van der Waals surface area contributed by atoms with Crippen LogP contribution < -0.4 is 4.74 Å². The number of rotatable bonds is 0. The molecular weight excluding hydrogens is 342 g/mol. The lowest BCUT2D eigenvalue weighted by atomic mass is 9.49. The van der Waals surface area contributed by atoms with Gasteiger partial charge in [-0.25, -0.2) is 0 Å². The summed E-state index contributed by atoms with van der Waals surface area (Å²) in [5, 5.41) is 27.0. The molecule has 0 radical (unpaired) electrons. The van der Waals surface area contributed by atoms with Gasteiger partial charge in [0, 0.05) is 30.6 Å². The van der Waals surface area contributed by atoms with E-state index in [0.29, 0.717) is 12.2 Å². The third-order valence-corrected chi connectivity index (χ3v) is 7.25. The first-order valence-corrected chi connectivity index (χ1v) is 9.93. The van der Waals surface area contributed by atoms with Crippen molar-refractivity contribution in [3.05, 3.63) is 40.7 Å². The van der Waals surface area contributed by atoms with Crippen LogP contribution in [-0.4, -0.2) is 50.1 Å². The van der Waals surface area contributed by atoms with E-state index in [2.05, 4.69) is 17.0 Å². The smallest absolute Gasteiger partial charge is 0.166 e. The standard InChI is InChI=1S/C19H21N3O3.C2H6/c1-21-6-5-18-14-10-3-4-12(23)16(14)25-17(18)15-11(9-20-22(15)2)8-19(18,24)13(21)7-10;1-2/h3-4,9,13,17,23-24H,5-8H2,1-2H3;1-2H3. The van der Waals surface area contributed by atoms with Gasteiger partial charge in [-0.15, -0.1) is 0 Å². The van der Waals surface area contributed by atoms with Crippen molar-refractivity contribution in [1.29, 1.82) is 0 Å². The molecule has 1 spiro atoms. The van der Waals surface area contributed by atoms with Gasteiger partial charge in [-0.3, -0.25) is 4.68 Å². The van der Waals surface area contributed by atoms with Gasteiger partial charge in [0.25, 0.3) is 0 Å². The predicted molar refractivity (Wildman–Crippen MR) is 101 cm³/mol. The molecule has 4 aliphatic rings. The molecule has 2 aliphatic heterocycles. The maximum Gasteiger partial charge on any atom is 0.166 e. The van der Waals surface area contributed by atoms with Crippen LogP contribution in [0.3, 0.4) is 0 Å². The Hall–Kier alpha value is -2.05. The Bertz CT molecular complexity index is 939. The zero-order valence-corrected chi connectivity index (χ0v) is 16.4. The van der Waals surface area contributed by atoms with Crippen LogP contribution in [0.1, 0.15) is 48.8 Å². The Kier molecular flexibility index (Phi) is 3.33. The molecule has 0 saturated carbocycles. The van der Waals surface area contributed by atoms with Gasteiger partial charge in [0.05, 0.1) is 22.9 Å². The summed E-state index contributed by atoms with van der Waals surface area (Å²) < 4.78 is 8.26. The van der Waals surface area contributed by atoms with E-state index < -0.39 is 11.0 Å². The maximum absolute atomic E-state index is 12.1. The number of aliphatic hydroxyl groups is 1. The van der Waals surface area contributed by atoms with Crippen LogP contribution >= 0.6 is 0 Å². The molecule has 2 bridgehead atoms. The second-order valence-electron chi connectivity index (χ2n) is 8.15. The van der Waals surface area contributed by atoms with E-state index in [4.69, 9.17) is 4.74 Å². The molecule has 4 unspecified atom stereocenters. The fourth-order valence-electron chi connectivity index (χ4n) is 6.18. The number of aryl methyl sites for hydroxylation is 1. The van der Waals surface area contributed by atoms with E-state index in [0.717, 1.165) is 36.2 Å². The Morgan fingerprint density at radius 3 is 2.78 bits per heavy atom. The number of hydrogen-bond donors (Lipinski definition) is 2. The lowest BCUT2D eigenvalue weighted by Crippen LogP contribution is -2.73. The van der Waals surface area contributed by atoms with Crippen molar-refractivity contribution in [2.24, 2.45) is 7.05 Å². The minimum absolute atomic E-state index is 0.0451. The van der Waals surface area contributed by atoms with E-state index >= 15 is 0 Å².